The van der Waals surface area contributed by atoms with Gasteiger partial charge in [0.25, 0.3) is 0 Å². The SMILES string of the molecule is COc1cc(C(=O)O)c(CNCC(C)(C)C)cc1Br. The van der Waals surface area contributed by atoms with Crippen LogP contribution in [0.3, 0.4) is 0 Å². The molecule has 0 aliphatic rings. The third kappa shape index (κ3) is 4.84. The van der Waals surface area contributed by atoms with E-state index in [9.17, 15) is 9.90 Å². The van der Waals surface area contributed by atoms with Gasteiger partial charge in [0.1, 0.15) is 5.75 Å². The van der Waals surface area contributed by atoms with Gasteiger partial charge >= 0.3 is 5.97 Å². The van der Waals surface area contributed by atoms with Crippen LogP contribution in [-0.4, -0.2) is 24.7 Å². The molecule has 0 fully saturated rings. The van der Waals surface area contributed by atoms with Crippen LogP contribution in [0.4, 0.5) is 0 Å². The third-order valence-corrected chi connectivity index (χ3v) is 3.20. The zero-order valence-corrected chi connectivity index (χ0v) is 13.3. The first-order valence-corrected chi connectivity index (χ1v) is 6.84. The van der Waals surface area contributed by atoms with Gasteiger partial charge < -0.3 is 15.2 Å². The lowest BCUT2D eigenvalue weighted by atomic mass is 9.97. The van der Waals surface area contributed by atoms with Gasteiger partial charge in [-0.15, -0.1) is 0 Å². The Labute approximate surface area is 122 Å². The lowest BCUT2D eigenvalue weighted by molar-refractivity contribution is 0.0695. The van der Waals surface area contributed by atoms with Gasteiger partial charge in [-0.3, -0.25) is 0 Å². The highest BCUT2D eigenvalue weighted by Crippen LogP contribution is 2.28. The lowest BCUT2D eigenvalue weighted by Crippen LogP contribution is -2.27. The van der Waals surface area contributed by atoms with Crippen molar-refractivity contribution in [2.75, 3.05) is 13.7 Å². The first kappa shape index (κ1) is 16.0. The average molecular weight is 330 g/mol. The Balaban J connectivity index is 2.93. The Morgan fingerprint density at radius 2 is 2.05 bits per heavy atom. The Morgan fingerprint density at radius 1 is 1.42 bits per heavy atom. The van der Waals surface area contributed by atoms with E-state index in [1.54, 1.807) is 12.1 Å². The fourth-order valence-electron chi connectivity index (χ4n) is 1.67. The molecule has 1 aromatic rings. The number of hydrogen-bond acceptors (Lipinski definition) is 3. The summed E-state index contributed by atoms with van der Waals surface area (Å²) in [6, 6.07) is 3.33. The molecule has 4 nitrogen and oxygen atoms in total. The van der Waals surface area contributed by atoms with Crippen LogP contribution in [0.25, 0.3) is 0 Å². The molecule has 1 rings (SSSR count). The zero-order valence-electron chi connectivity index (χ0n) is 11.7. The number of rotatable bonds is 5. The van der Waals surface area contributed by atoms with Crippen LogP contribution >= 0.6 is 15.9 Å². The summed E-state index contributed by atoms with van der Waals surface area (Å²) >= 11 is 3.38. The summed E-state index contributed by atoms with van der Waals surface area (Å²) in [5.74, 6) is -0.421. The molecule has 0 atom stereocenters. The number of carboxylic acids is 1. The van der Waals surface area contributed by atoms with Crippen molar-refractivity contribution in [2.45, 2.75) is 27.3 Å². The Hall–Kier alpha value is -1.07. The van der Waals surface area contributed by atoms with Crippen molar-refractivity contribution >= 4 is 21.9 Å². The third-order valence-electron chi connectivity index (χ3n) is 2.58. The number of carbonyl (C=O) groups is 1. The number of hydrogen-bond donors (Lipinski definition) is 2. The topological polar surface area (TPSA) is 58.6 Å². The van der Waals surface area contributed by atoms with E-state index in [1.807, 2.05) is 0 Å². The maximum Gasteiger partial charge on any atom is 0.336 e. The normalized spacial score (nSPS) is 11.4. The maximum absolute atomic E-state index is 11.3. The molecule has 0 spiro atoms. The predicted octanol–water partition coefficient (Wildman–Crippen LogP) is 3.29. The molecule has 0 aliphatic heterocycles. The van der Waals surface area contributed by atoms with E-state index >= 15 is 0 Å². The molecule has 0 saturated carbocycles. The van der Waals surface area contributed by atoms with Crippen LogP contribution in [0.15, 0.2) is 16.6 Å². The molecule has 0 aromatic heterocycles. The van der Waals surface area contributed by atoms with Gasteiger partial charge in [-0.25, -0.2) is 4.79 Å². The lowest BCUT2D eigenvalue weighted by Gasteiger charge is -2.19. The highest BCUT2D eigenvalue weighted by Gasteiger charge is 2.15. The van der Waals surface area contributed by atoms with Gasteiger partial charge in [-0.05, 0) is 39.0 Å². The van der Waals surface area contributed by atoms with Crippen molar-refractivity contribution in [2.24, 2.45) is 5.41 Å². The predicted molar refractivity (Wildman–Crippen MR) is 78.8 cm³/mol. The quantitative estimate of drug-likeness (QED) is 0.870. The van der Waals surface area contributed by atoms with Crippen LogP contribution in [0.5, 0.6) is 5.75 Å². The van der Waals surface area contributed by atoms with Crippen LogP contribution in [-0.2, 0) is 6.54 Å². The molecule has 0 saturated heterocycles. The van der Waals surface area contributed by atoms with E-state index in [0.29, 0.717) is 12.3 Å². The summed E-state index contributed by atoms with van der Waals surface area (Å²) in [4.78, 5) is 11.3. The Morgan fingerprint density at radius 3 is 2.53 bits per heavy atom. The van der Waals surface area contributed by atoms with E-state index in [1.165, 1.54) is 7.11 Å². The number of halogens is 1. The monoisotopic (exact) mass is 329 g/mol. The van der Waals surface area contributed by atoms with Gasteiger partial charge in [-0.1, -0.05) is 20.8 Å². The number of aromatic carboxylic acids is 1. The summed E-state index contributed by atoms with van der Waals surface area (Å²) in [6.07, 6.45) is 0. The summed E-state index contributed by atoms with van der Waals surface area (Å²) < 4.78 is 5.88. The largest absolute Gasteiger partial charge is 0.496 e. The molecule has 0 heterocycles. The van der Waals surface area contributed by atoms with Gasteiger partial charge in [0, 0.05) is 13.1 Å². The molecule has 19 heavy (non-hydrogen) atoms. The first-order chi connectivity index (χ1) is 8.74. The van der Waals surface area contributed by atoms with E-state index in [2.05, 4.69) is 42.0 Å². The second kappa shape index (κ2) is 6.39. The van der Waals surface area contributed by atoms with E-state index in [4.69, 9.17) is 4.74 Å². The number of benzene rings is 1. The fourth-order valence-corrected chi connectivity index (χ4v) is 2.22. The summed E-state index contributed by atoms with van der Waals surface area (Å²) in [6.45, 7) is 7.71. The number of nitrogens with one attached hydrogen (secondary N) is 1. The second-order valence-corrected chi connectivity index (χ2v) is 6.47. The summed E-state index contributed by atoms with van der Waals surface area (Å²) in [5.41, 5.74) is 1.17. The minimum Gasteiger partial charge on any atom is -0.496 e. The van der Waals surface area contributed by atoms with Gasteiger partial charge in [0.15, 0.2) is 0 Å². The Kier molecular flexibility index (Phi) is 5.38. The van der Waals surface area contributed by atoms with Crippen LogP contribution in [0, 0.1) is 5.41 Å². The number of methoxy groups -OCH3 is 1. The minimum atomic E-state index is -0.946. The van der Waals surface area contributed by atoms with Gasteiger partial charge in [0.2, 0.25) is 0 Å². The highest BCUT2D eigenvalue weighted by molar-refractivity contribution is 9.10. The van der Waals surface area contributed by atoms with Crippen molar-refractivity contribution in [3.63, 3.8) is 0 Å². The average Bonchev–Trinajstić information content (AvgIpc) is 2.27. The molecule has 0 bridgehead atoms. The van der Waals surface area contributed by atoms with Crippen molar-refractivity contribution in [3.05, 3.63) is 27.7 Å². The second-order valence-electron chi connectivity index (χ2n) is 5.61. The summed E-state index contributed by atoms with van der Waals surface area (Å²) in [7, 11) is 1.52. The molecular formula is C14H20BrNO3. The fraction of sp³-hybridized carbons (Fsp3) is 0.500. The Bertz CT molecular complexity index is 466. The molecule has 106 valence electrons. The van der Waals surface area contributed by atoms with E-state index in [-0.39, 0.29) is 11.0 Å². The molecule has 0 aliphatic carbocycles. The van der Waals surface area contributed by atoms with Crippen molar-refractivity contribution in [3.8, 4) is 5.75 Å². The number of carboxylic acid groups (broad SMARTS) is 1. The molecule has 1 aromatic carbocycles. The molecule has 0 amide bonds. The van der Waals surface area contributed by atoms with Gasteiger partial charge in [0.05, 0.1) is 17.1 Å². The molecular weight excluding hydrogens is 310 g/mol. The molecule has 5 heteroatoms. The van der Waals surface area contributed by atoms with Crippen LogP contribution in [0.1, 0.15) is 36.7 Å². The maximum atomic E-state index is 11.3. The highest BCUT2D eigenvalue weighted by atomic mass is 79.9. The van der Waals surface area contributed by atoms with Crippen LogP contribution in [0.2, 0.25) is 0 Å². The number of ether oxygens (including phenoxy) is 1. The van der Waals surface area contributed by atoms with Crippen molar-refractivity contribution in [1.29, 1.82) is 0 Å². The first-order valence-electron chi connectivity index (χ1n) is 6.05. The minimum absolute atomic E-state index is 0.160. The van der Waals surface area contributed by atoms with Gasteiger partial charge in [-0.2, -0.15) is 0 Å². The molecule has 2 N–H and O–H groups in total. The van der Waals surface area contributed by atoms with Crippen molar-refractivity contribution in [1.82, 2.24) is 5.32 Å². The van der Waals surface area contributed by atoms with Crippen molar-refractivity contribution < 1.29 is 14.6 Å². The standard InChI is InChI=1S/C14H20BrNO3/c1-14(2,3)8-16-7-9-5-11(15)12(19-4)6-10(9)13(17)18/h5-6,16H,7-8H2,1-4H3,(H,17,18). The van der Waals surface area contributed by atoms with E-state index < -0.39 is 5.97 Å². The smallest absolute Gasteiger partial charge is 0.336 e. The molecule has 0 radical (unpaired) electrons. The van der Waals surface area contributed by atoms with Crippen LogP contribution < -0.4 is 10.1 Å². The summed E-state index contributed by atoms with van der Waals surface area (Å²) in [5, 5.41) is 12.5. The van der Waals surface area contributed by atoms with E-state index in [0.717, 1.165) is 16.6 Å². The zero-order chi connectivity index (χ0) is 14.6. The molecule has 0 unspecified atom stereocenters.